The molecular formula is C17H16Br2O3. The van der Waals surface area contributed by atoms with E-state index in [1.54, 1.807) is 0 Å². The van der Waals surface area contributed by atoms with Crippen molar-refractivity contribution in [2.45, 2.75) is 26.4 Å². The summed E-state index contributed by atoms with van der Waals surface area (Å²) in [6.07, 6.45) is 0.604. The lowest BCUT2D eigenvalue weighted by atomic mass is 10.1. The molecule has 0 saturated heterocycles. The largest absolute Gasteiger partial charge is 0.487 e. The maximum atomic E-state index is 10.7. The van der Waals surface area contributed by atoms with Crippen LogP contribution in [0.25, 0.3) is 0 Å². The molecule has 0 unspecified atom stereocenters. The van der Waals surface area contributed by atoms with E-state index >= 15 is 0 Å². The third-order valence-electron chi connectivity index (χ3n) is 3.32. The third kappa shape index (κ3) is 4.58. The van der Waals surface area contributed by atoms with Gasteiger partial charge in [-0.15, -0.1) is 0 Å². The quantitative estimate of drug-likeness (QED) is 0.696. The molecule has 2 rings (SSSR count). The van der Waals surface area contributed by atoms with Crippen LogP contribution in [0.3, 0.4) is 0 Å². The Hall–Kier alpha value is -1.33. The normalized spacial score (nSPS) is 10.5. The Morgan fingerprint density at radius 2 is 1.82 bits per heavy atom. The number of aryl methyl sites for hydroxylation is 2. The number of ether oxygens (including phenoxy) is 1. The van der Waals surface area contributed by atoms with Gasteiger partial charge >= 0.3 is 5.97 Å². The van der Waals surface area contributed by atoms with E-state index in [1.807, 2.05) is 30.3 Å². The first-order valence-electron chi connectivity index (χ1n) is 6.84. The fraction of sp³-hybridized carbons (Fsp3) is 0.235. The molecule has 0 aliphatic rings. The van der Waals surface area contributed by atoms with Crippen LogP contribution in [0.2, 0.25) is 0 Å². The van der Waals surface area contributed by atoms with E-state index in [4.69, 9.17) is 9.84 Å². The average molecular weight is 428 g/mol. The van der Waals surface area contributed by atoms with Gasteiger partial charge in [0.2, 0.25) is 0 Å². The van der Waals surface area contributed by atoms with Gasteiger partial charge in [-0.05, 0) is 74.0 Å². The summed E-state index contributed by atoms with van der Waals surface area (Å²) in [5.74, 6) is -0.0746. The highest BCUT2D eigenvalue weighted by Gasteiger charge is 2.11. The molecular weight excluding hydrogens is 412 g/mol. The Balaban J connectivity index is 2.11. The number of carboxylic acids is 1. The van der Waals surface area contributed by atoms with Crippen molar-refractivity contribution in [1.82, 2.24) is 0 Å². The molecule has 0 heterocycles. The van der Waals surface area contributed by atoms with Crippen molar-refractivity contribution < 1.29 is 14.6 Å². The second kappa shape index (κ2) is 7.79. The van der Waals surface area contributed by atoms with Crippen LogP contribution >= 0.6 is 31.9 Å². The maximum absolute atomic E-state index is 10.7. The molecule has 0 bridgehead atoms. The molecule has 22 heavy (non-hydrogen) atoms. The van der Waals surface area contributed by atoms with E-state index in [2.05, 4.69) is 44.8 Å². The number of carbonyl (C=O) groups is 1. The fourth-order valence-corrected chi connectivity index (χ4v) is 3.58. The molecule has 0 atom stereocenters. The van der Waals surface area contributed by atoms with Crippen molar-refractivity contribution in [2.24, 2.45) is 0 Å². The minimum atomic E-state index is -0.799. The Morgan fingerprint density at radius 1 is 1.18 bits per heavy atom. The second-order valence-corrected chi connectivity index (χ2v) is 6.71. The lowest BCUT2D eigenvalue weighted by molar-refractivity contribution is -0.136. The molecule has 2 aromatic rings. The lowest BCUT2D eigenvalue weighted by Crippen LogP contribution is -2.01. The molecule has 2 aromatic carbocycles. The average Bonchev–Trinajstić information content (AvgIpc) is 2.46. The topological polar surface area (TPSA) is 46.5 Å². The van der Waals surface area contributed by atoms with Crippen LogP contribution in [-0.2, 0) is 17.8 Å². The molecule has 0 saturated carbocycles. The molecule has 116 valence electrons. The summed E-state index contributed by atoms with van der Waals surface area (Å²) in [7, 11) is 0. The molecule has 0 radical (unpaired) electrons. The molecule has 0 fully saturated rings. The predicted octanol–water partition coefficient (Wildman–Crippen LogP) is 5.12. The molecule has 1 N–H and O–H groups in total. The first-order valence-corrected chi connectivity index (χ1v) is 8.43. The first-order chi connectivity index (χ1) is 10.5. The summed E-state index contributed by atoms with van der Waals surface area (Å²) in [5.41, 5.74) is 3.27. The van der Waals surface area contributed by atoms with Crippen molar-refractivity contribution in [1.29, 1.82) is 0 Å². The maximum Gasteiger partial charge on any atom is 0.303 e. The zero-order valence-electron chi connectivity index (χ0n) is 12.1. The van der Waals surface area contributed by atoms with E-state index in [9.17, 15) is 4.79 Å². The number of hydrogen-bond acceptors (Lipinski definition) is 2. The molecule has 0 aliphatic heterocycles. The van der Waals surface area contributed by atoms with Crippen LogP contribution in [0, 0.1) is 6.92 Å². The summed E-state index contributed by atoms with van der Waals surface area (Å²) in [6.45, 7) is 2.54. The van der Waals surface area contributed by atoms with E-state index < -0.39 is 5.97 Å². The van der Waals surface area contributed by atoms with Crippen molar-refractivity contribution in [3.05, 3.63) is 62.0 Å². The second-order valence-electron chi connectivity index (χ2n) is 5.00. The number of benzene rings is 2. The molecule has 0 amide bonds. The van der Waals surface area contributed by atoms with Gasteiger partial charge in [-0.3, -0.25) is 4.79 Å². The van der Waals surface area contributed by atoms with Crippen LogP contribution in [0.4, 0.5) is 0 Å². The van der Waals surface area contributed by atoms with Gasteiger partial charge in [-0.1, -0.05) is 24.3 Å². The van der Waals surface area contributed by atoms with Gasteiger partial charge in [-0.2, -0.15) is 0 Å². The van der Waals surface area contributed by atoms with Gasteiger partial charge < -0.3 is 9.84 Å². The Labute approximate surface area is 146 Å². The molecule has 0 spiro atoms. The number of halogens is 2. The van der Waals surface area contributed by atoms with Gasteiger partial charge in [-0.25, -0.2) is 0 Å². The number of carboxylic acid groups (broad SMARTS) is 1. The lowest BCUT2D eigenvalue weighted by Gasteiger charge is -2.13. The summed E-state index contributed by atoms with van der Waals surface area (Å²) in [5, 5.41) is 8.76. The third-order valence-corrected chi connectivity index (χ3v) is 4.50. The van der Waals surface area contributed by atoms with Crippen LogP contribution in [0.5, 0.6) is 5.75 Å². The predicted molar refractivity (Wildman–Crippen MR) is 93.3 cm³/mol. The zero-order chi connectivity index (χ0) is 16.1. The minimum Gasteiger partial charge on any atom is -0.487 e. The first kappa shape index (κ1) is 17.0. The van der Waals surface area contributed by atoms with Gasteiger partial charge in [0.05, 0.1) is 8.95 Å². The van der Waals surface area contributed by atoms with Gasteiger partial charge in [0.1, 0.15) is 12.4 Å². The summed E-state index contributed by atoms with van der Waals surface area (Å²) < 4.78 is 7.54. The van der Waals surface area contributed by atoms with Crippen molar-refractivity contribution in [3.8, 4) is 5.75 Å². The minimum absolute atomic E-state index is 0.113. The Morgan fingerprint density at radius 3 is 2.41 bits per heavy atom. The zero-order valence-corrected chi connectivity index (χ0v) is 15.3. The van der Waals surface area contributed by atoms with E-state index in [0.29, 0.717) is 13.0 Å². The summed E-state index contributed by atoms with van der Waals surface area (Å²) >= 11 is 6.99. The van der Waals surface area contributed by atoms with E-state index in [0.717, 1.165) is 25.8 Å². The summed E-state index contributed by atoms with van der Waals surface area (Å²) in [6, 6.07) is 11.9. The van der Waals surface area contributed by atoms with Crippen molar-refractivity contribution in [3.63, 3.8) is 0 Å². The number of hydrogen-bond donors (Lipinski definition) is 1. The van der Waals surface area contributed by atoms with Crippen LogP contribution < -0.4 is 4.74 Å². The van der Waals surface area contributed by atoms with Gasteiger partial charge in [0.25, 0.3) is 0 Å². The Kier molecular flexibility index (Phi) is 6.03. The monoisotopic (exact) mass is 426 g/mol. The number of aliphatic carboxylic acids is 1. The van der Waals surface area contributed by atoms with E-state index in [-0.39, 0.29) is 6.42 Å². The highest BCUT2D eigenvalue weighted by atomic mass is 79.9. The fourth-order valence-electron chi connectivity index (χ4n) is 2.07. The highest BCUT2D eigenvalue weighted by Crippen LogP contribution is 2.35. The highest BCUT2D eigenvalue weighted by molar-refractivity contribution is 9.11. The standard InChI is InChI=1S/C17H16Br2O3/c1-11-4-2-3-5-13(11)10-22-17-14(18)8-12(9-15(17)19)6-7-16(20)21/h2-5,8-9H,6-7,10H2,1H3,(H,20,21). The van der Waals surface area contributed by atoms with Crippen LogP contribution in [0.1, 0.15) is 23.1 Å². The SMILES string of the molecule is Cc1ccccc1COc1c(Br)cc(CCC(=O)O)cc1Br. The van der Waals surface area contributed by atoms with Gasteiger partial charge in [0, 0.05) is 6.42 Å². The molecule has 0 aromatic heterocycles. The number of rotatable bonds is 6. The molecule has 5 heteroatoms. The van der Waals surface area contributed by atoms with Crippen molar-refractivity contribution in [2.75, 3.05) is 0 Å². The van der Waals surface area contributed by atoms with E-state index in [1.165, 1.54) is 5.56 Å². The van der Waals surface area contributed by atoms with Crippen molar-refractivity contribution >= 4 is 37.8 Å². The summed E-state index contributed by atoms with van der Waals surface area (Å²) in [4.78, 5) is 10.7. The van der Waals surface area contributed by atoms with Crippen LogP contribution in [-0.4, -0.2) is 11.1 Å². The molecule has 3 nitrogen and oxygen atoms in total. The Bertz CT molecular complexity index is 660. The van der Waals surface area contributed by atoms with Gasteiger partial charge in [0.15, 0.2) is 0 Å². The molecule has 0 aliphatic carbocycles. The smallest absolute Gasteiger partial charge is 0.303 e. The van der Waals surface area contributed by atoms with Crippen LogP contribution in [0.15, 0.2) is 45.3 Å².